The van der Waals surface area contributed by atoms with Crippen LogP contribution in [0.25, 0.3) is 0 Å². The predicted molar refractivity (Wildman–Crippen MR) is 71.5 cm³/mol. The second-order valence-electron chi connectivity index (χ2n) is 5.28. The number of aryl methyl sites for hydroxylation is 1. The van der Waals surface area contributed by atoms with E-state index >= 15 is 0 Å². The van der Waals surface area contributed by atoms with Gasteiger partial charge in [-0.15, -0.1) is 11.3 Å². The molecular formula is C13H18N2O2S. The van der Waals surface area contributed by atoms with Crippen LogP contribution in [0.4, 0.5) is 5.13 Å². The zero-order valence-electron chi connectivity index (χ0n) is 10.6. The van der Waals surface area contributed by atoms with Crippen molar-refractivity contribution in [3.8, 4) is 0 Å². The van der Waals surface area contributed by atoms with Crippen LogP contribution < -0.4 is 4.90 Å². The van der Waals surface area contributed by atoms with Gasteiger partial charge in [-0.3, -0.25) is 4.79 Å². The lowest BCUT2D eigenvalue weighted by molar-refractivity contribution is -0.138. The number of aliphatic carboxylic acids is 1. The van der Waals surface area contributed by atoms with Crippen molar-refractivity contribution in [1.29, 1.82) is 0 Å². The van der Waals surface area contributed by atoms with Crippen molar-refractivity contribution in [3.05, 3.63) is 10.6 Å². The van der Waals surface area contributed by atoms with Crippen LogP contribution in [-0.2, 0) is 11.2 Å². The quantitative estimate of drug-likeness (QED) is 0.913. The standard InChI is InChI=1S/C13H18N2O2S/c1-15(8-4-2-3-5-8)13-14-11-9(12(16)17)6-7-10(11)18-13/h8-9H,2-7H2,1H3,(H,16,17). The number of aromatic nitrogens is 1. The lowest BCUT2D eigenvalue weighted by Gasteiger charge is -2.23. The summed E-state index contributed by atoms with van der Waals surface area (Å²) in [4.78, 5) is 19.2. The van der Waals surface area contributed by atoms with Gasteiger partial charge >= 0.3 is 5.97 Å². The van der Waals surface area contributed by atoms with Crippen molar-refractivity contribution in [2.24, 2.45) is 0 Å². The highest BCUT2D eigenvalue weighted by Crippen LogP contribution is 2.40. The summed E-state index contributed by atoms with van der Waals surface area (Å²) in [5.74, 6) is -1.10. The fourth-order valence-corrected chi connectivity index (χ4v) is 4.22. The highest BCUT2D eigenvalue weighted by atomic mass is 32.1. The Hall–Kier alpha value is -1.10. The van der Waals surface area contributed by atoms with E-state index in [1.165, 1.54) is 30.6 Å². The minimum atomic E-state index is -0.728. The van der Waals surface area contributed by atoms with Crippen LogP contribution in [0.3, 0.4) is 0 Å². The number of hydrogen-bond donors (Lipinski definition) is 1. The van der Waals surface area contributed by atoms with Crippen molar-refractivity contribution in [2.45, 2.75) is 50.5 Å². The number of hydrogen-bond acceptors (Lipinski definition) is 4. The molecule has 0 aromatic carbocycles. The molecule has 1 fully saturated rings. The zero-order valence-corrected chi connectivity index (χ0v) is 11.4. The minimum absolute atomic E-state index is 0.373. The first kappa shape index (κ1) is 12.0. The van der Waals surface area contributed by atoms with Gasteiger partial charge in [-0.2, -0.15) is 0 Å². The Balaban J connectivity index is 1.83. The molecule has 98 valence electrons. The Labute approximate surface area is 111 Å². The number of nitrogens with zero attached hydrogens (tertiary/aromatic N) is 2. The molecule has 1 N–H and O–H groups in total. The van der Waals surface area contributed by atoms with Gasteiger partial charge in [-0.1, -0.05) is 12.8 Å². The Kier molecular flexibility index (Phi) is 3.01. The van der Waals surface area contributed by atoms with Crippen molar-refractivity contribution in [2.75, 3.05) is 11.9 Å². The number of rotatable bonds is 3. The number of carbonyl (C=O) groups is 1. The van der Waals surface area contributed by atoms with E-state index in [4.69, 9.17) is 0 Å². The molecule has 3 rings (SSSR count). The van der Waals surface area contributed by atoms with E-state index in [1.54, 1.807) is 11.3 Å². The van der Waals surface area contributed by atoms with Crippen LogP contribution in [0.2, 0.25) is 0 Å². The summed E-state index contributed by atoms with van der Waals surface area (Å²) in [7, 11) is 2.10. The number of anilines is 1. The number of thiazole rings is 1. The average Bonchev–Trinajstić information content (AvgIpc) is 3.03. The molecule has 0 radical (unpaired) electrons. The van der Waals surface area contributed by atoms with Gasteiger partial charge in [-0.25, -0.2) is 4.98 Å². The second kappa shape index (κ2) is 4.53. The van der Waals surface area contributed by atoms with Gasteiger partial charge < -0.3 is 10.0 Å². The fourth-order valence-electron chi connectivity index (χ4n) is 3.05. The van der Waals surface area contributed by atoms with Crippen molar-refractivity contribution in [3.63, 3.8) is 0 Å². The third-order valence-corrected chi connectivity index (χ3v) is 5.40. The molecule has 2 aliphatic carbocycles. The molecule has 1 unspecified atom stereocenters. The van der Waals surface area contributed by atoms with Crippen LogP contribution in [0, 0.1) is 0 Å². The molecule has 0 aliphatic heterocycles. The number of carboxylic acid groups (broad SMARTS) is 1. The Morgan fingerprint density at radius 1 is 1.39 bits per heavy atom. The van der Waals surface area contributed by atoms with Crippen LogP contribution in [0.15, 0.2) is 0 Å². The monoisotopic (exact) mass is 266 g/mol. The van der Waals surface area contributed by atoms with E-state index in [0.29, 0.717) is 6.04 Å². The van der Waals surface area contributed by atoms with Gasteiger partial charge in [0.1, 0.15) is 5.92 Å². The van der Waals surface area contributed by atoms with Crippen LogP contribution >= 0.6 is 11.3 Å². The fraction of sp³-hybridized carbons (Fsp3) is 0.692. The van der Waals surface area contributed by atoms with Crippen LogP contribution in [0.1, 0.15) is 48.6 Å². The lowest BCUT2D eigenvalue weighted by atomic mass is 10.1. The van der Waals surface area contributed by atoms with Gasteiger partial charge in [0.2, 0.25) is 0 Å². The molecule has 1 aromatic rings. The summed E-state index contributed by atoms with van der Waals surface area (Å²) in [6, 6.07) is 0.597. The molecule has 0 amide bonds. The molecule has 1 atom stereocenters. The first-order chi connectivity index (χ1) is 8.66. The maximum Gasteiger partial charge on any atom is 0.312 e. The van der Waals surface area contributed by atoms with E-state index < -0.39 is 5.97 Å². The normalized spacial score (nSPS) is 23.3. The molecule has 2 aliphatic rings. The Morgan fingerprint density at radius 3 is 2.78 bits per heavy atom. The molecular weight excluding hydrogens is 248 g/mol. The molecule has 0 bridgehead atoms. The smallest absolute Gasteiger partial charge is 0.312 e. The molecule has 4 nitrogen and oxygen atoms in total. The van der Waals surface area contributed by atoms with Crippen molar-refractivity contribution >= 4 is 22.4 Å². The minimum Gasteiger partial charge on any atom is -0.481 e. The maximum absolute atomic E-state index is 11.2. The molecule has 1 saturated carbocycles. The van der Waals surface area contributed by atoms with E-state index in [2.05, 4.69) is 16.9 Å². The van der Waals surface area contributed by atoms with Gasteiger partial charge in [0.15, 0.2) is 5.13 Å². The third kappa shape index (κ3) is 1.90. The second-order valence-corrected chi connectivity index (χ2v) is 6.35. The van der Waals surface area contributed by atoms with Gasteiger partial charge in [0.05, 0.1) is 5.69 Å². The molecule has 1 heterocycles. The maximum atomic E-state index is 11.2. The van der Waals surface area contributed by atoms with E-state index in [0.717, 1.165) is 23.7 Å². The van der Waals surface area contributed by atoms with Gasteiger partial charge in [0, 0.05) is 18.0 Å². The molecule has 18 heavy (non-hydrogen) atoms. The average molecular weight is 266 g/mol. The highest BCUT2D eigenvalue weighted by Gasteiger charge is 2.33. The van der Waals surface area contributed by atoms with Gasteiger partial charge in [-0.05, 0) is 25.7 Å². The van der Waals surface area contributed by atoms with E-state index in [-0.39, 0.29) is 5.92 Å². The van der Waals surface area contributed by atoms with E-state index in [9.17, 15) is 9.90 Å². The topological polar surface area (TPSA) is 53.4 Å². The summed E-state index contributed by atoms with van der Waals surface area (Å²) in [5.41, 5.74) is 0.826. The predicted octanol–water partition coefficient (Wildman–Crippen LogP) is 2.64. The first-order valence-electron chi connectivity index (χ1n) is 6.62. The number of fused-ring (bicyclic) bond motifs is 1. The summed E-state index contributed by atoms with van der Waals surface area (Å²) in [5, 5.41) is 10.2. The Bertz CT molecular complexity index is 466. The van der Waals surface area contributed by atoms with E-state index in [1.807, 2.05) is 0 Å². The summed E-state index contributed by atoms with van der Waals surface area (Å²) in [6.07, 6.45) is 6.68. The summed E-state index contributed by atoms with van der Waals surface area (Å²) in [6.45, 7) is 0. The summed E-state index contributed by atoms with van der Waals surface area (Å²) >= 11 is 1.69. The van der Waals surface area contributed by atoms with Crippen molar-refractivity contribution < 1.29 is 9.90 Å². The lowest BCUT2D eigenvalue weighted by Crippen LogP contribution is -2.28. The van der Waals surface area contributed by atoms with Crippen LogP contribution in [0.5, 0.6) is 0 Å². The van der Waals surface area contributed by atoms with Crippen LogP contribution in [-0.4, -0.2) is 29.1 Å². The SMILES string of the molecule is CN(c1nc2c(s1)CCC2C(=O)O)C1CCCC1. The zero-order chi connectivity index (χ0) is 12.7. The summed E-state index contributed by atoms with van der Waals surface area (Å²) < 4.78 is 0. The van der Waals surface area contributed by atoms with Gasteiger partial charge in [0.25, 0.3) is 0 Å². The number of carboxylic acids is 1. The first-order valence-corrected chi connectivity index (χ1v) is 7.43. The third-order valence-electron chi connectivity index (χ3n) is 4.18. The molecule has 0 spiro atoms. The van der Waals surface area contributed by atoms with Crippen molar-refractivity contribution in [1.82, 2.24) is 4.98 Å². The molecule has 0 saturated heterocycles. The molecule has 1 aromatic heterocycles. The largest absolute Gasteiger partial charge is 0.481 e. The highest BCUT2D eigenvalue weighted by molar-refractivity contribution is 7.15. The molecule has 5 heteroatoms. The Morgan fingerprint density at radius 2 is 2.11 bits per heavy atom.